The van der Waals surface area contributed by atoms with E-state index in [0.29, 0.717) is 25.6 Å². The second-order valence-electron chi connectivity index (χ2n) is 10.1. The van der Waals surface area contributed by atoms with Crippen LogP contribution in [0, 0.1) is 5.41 Å². The van der Waals surface area contributed by atoms with E-state index < -0.39 is 22.8 Å². The molecule has 1 heterocycles. The summed E-state index contributed by atoms with van der Waals surface area (Å²) < 4.78 is 11.6. The summed E-state index contributed by atoms with van der Waals surface area (Å²) in [6, 6.07) is -0.228. The molecule has 2 atom stereocenters. The van der Waals surface area contributed by atoms with E-state index >= 15 is 0 Å². The number of carbonyl (C=O) groups excluding carboxylic acids is 2. The van der Waals surface area contributed by atoms with Crippen molar-refractivity contribution in [1.82, 2.24) is 20.9 Å². The van der Waals surface area contributed by atoms with Crippen LogP contribution in [-0.4, -0.2) is 73.0 Å². The molecular weight excluding hydrogens is 386 g/mol. The third-order valence-electron chi connectivity index (χ3n) is 4.60. The molecule has 2 unspecified atom stereocenters. The van der Waals surface area contributed by atoms with Crippen LogP contribution in [0.2, 0.25) is 0 Å². The van der Waals surface area contributed by atoms with Gasteiger partial charge in [-0.15, -0.1) is 0 Å². The summed E-state index contributed by atoms with van der Waals surface area (Å²) in [5, 5.41) is 9.30. The highest BCUT2D eigenvalue weighted by atomic mass is 16.6. The Morgan fingerprint density at radius 3 is 2.13 bits per heavy atom. The molecule has 0 aromatic carbocycles. The van der Waals surface area contributed by atoms with Crippen LogP contribution in [0.5, 0.6) is 0 Å². The molecule has 1 rings (SSSR count). The number of amides is 2. The van der Waals surface area contributed by atoms with Crippen molar-refractivity contribution in [2.75, 3.05) is 26.7 Å². The average Bonchev–Trinajstić information content (AvgIpc) is 2.79. The van der Waals surface area contributed by atoms with Gasteiger partial charge in [0.25, 0.3) is 0 Å². The van der Waals surface area contributed by atoms with Gasteiger partial charge in [0.1, 0.15) is 11.3 Å². The molecule has 2 amide bonds. The van der Waals surface area contributed by atoms with E-state index in [1.54, 1.807) is 11.9 Å². The Hall–Kier alpha value is -2.03. The van der Waals surface area contributed by atoms with Gasteiger partial charge in [0.05, 0.1) is 12.1 Å². The third kappa shape index (κ3) is 7.66. The number of aliphatic imine (C=N–C) groups is 1. The van der Waals surface area contributed by atoms with E-state index in [-0.39, 0.29) is 18.1 Å². The van der Waals surface area contributed by atoms with Crippen LogP contribution in [0.15, 0.2) is 4.99 Å². The second kappa shape index (κ2) is 9.85. The smallest absolute Gasteiger partial charge is 0.412 e. The summed E-state index contributed by atoms with van der Waals surface area (Å²) in [4.78, 5) is 30.6. The van der Waals surface area contributed by atoms with E-state index in [2.05, 4.69) is 20.9 Å². The van der Waals surface area contributed by atoms with E-state index in [9.17, 15) is 9.59 Å². The summed E-state index contributed by atoms with van der Waals surface area (Å²) in [6.07, 6.45) is -0.583. The molecule has 0 aromatic heterocycles. The summed E-state index contributed by atoms with van der Waals surface area (Å²) in [5.41, 5.74) is -1.79. The van der Waals surface area contributed by atoms with Crippen LogP contribution in [0.4, 0.5) is 4.79 Å². The average molecular weight is 428 g/mol. The van der Waals surface area contributed by atoms with E-state index in [1.165, 1.54) is 0 Å². The third-order valence-corrected chi connectivity index (χ3v) is 4.60. The minimum absolute atomic E-state index is 0.000547. The second-order valence-corrected chi connectivity index (χ2v) is 10.1. The first-order valence-electron chi connectivity index (χ1n) is 10.5. The molecule has 9 heteroatoms. The fourth-order valence-electron chi connectivity index (χ4n) is 3.17. The highest BCUT2D eigenvalue weighted by molar-refractivity contribution is 5.82. The van der Waals surface area contributed by atoms with Crippen LogP contribution < -0.4 is 16.0 Å². The Kier molecular flexibility index (Phi) is 8.54. The number of guanidine groups is 1. The number of carbonyl (C=O) groups is 2. The molecule has 0 aromatic rings. The SMILES string of the molecule is CN=C(NCCNC(=O)C(C)(C)C)NCC1C(C)OC(C)(C)N1C(=O)OC(C)(C)C. The zero-order chi connectivity index (χ0) is 23.3. The van der Waals surface area contributed by atoms with Crippen LogP contribution in [0.3, 0.4) is 0 Å². The topological polar surface area (TPSA) is 104 Å². The number of rotatable bonds is 5. The summed E-state index contributed by atoms with van der Waals surface area (Å²) in [7, 11) is 1.67. The normalized spacial score (nSPS) is 21.9. The van der Waals surface area contributed by atoms with Crippen molar-refractivity contribution in [2.45, 2.75) is 85.8 Å². The van der Waals surface area contributed by atoms with Crippen LogP contribution in [0.1, 0.15) is 62.3 Å². The predicted octanol–water partition coefficient (Wildman–Crippen LogP) is 2.07. The van der Waals surface area contributed by atoms with Gasteiger partial charge in [-0.3, -0.25) is 14.7 Å². The molecule has 0 bridgehead atoms. The molecular formula is C21H41N5O4. The monoisotopic (exact) mass is 427 g/mol. The van der Waals surface area contributed by atoms with Gasteiger partial charge in [-0.25, -0.2) is 4.79 Å². The van der Waals surface area contributed by atoms with Gasteiger partial charge >= 0.3 is 6.09 Å². The van der Waals surface area contributed by atoms with Gasteiger partial charge in [0.2, 0.25) is 5.91 Å². The molecule has 1 saturated heterocycles. The quantitative estimate of drug-likeness (QED) is 0.353. The predicted molar refractivity (Wildman–Crippen MR) is 118 cm³/mol. The molecule has 0 spiro atoms. The molecule has 9 nitrogen and oxygen atoms in total. The van der Waals surface area contributed by atoms with Crippen molar-refractivity contribution in [3.05, 3.63) is 0 Å². The van der Waals surface area contributed by atoms with E-state index in [4.69, 9.17) is 9.47 Å². The molecule has 174 valence electrons. The van der Waals surface area contributed by atoms with E-state index in [1.807, 2.05) is 62.3 Å². The van der Waals surface area contributed by atoms with Crippen molar-refractivity contribution >= 4 is 18.0 Å². The van der Waals surface area contributed by atoms with Crippen molar-refractivity contribution in [3.8, 4) is 0 Å². The standard InChI is InChI=1S/C21H41N5O4/c1-14-15(26(21(8,9)29-14)18(28)30-20(5,6)7)13-25-17(22-10)24-12-11-23-16(27)19(2,3)4/h14-15H,11-13H2,1-10H3,(H,23,27)(H2,22,24,25). The van der Waals surface area contributed by atoms with Gasteiger partial charge in [0, 0.05) is 32.1 Å². The number of nitrogens with zero attached hydrogens (tertiary/aromatic N) is 2. The molecule has 3 N–H and O–H groups in total. The van der Waals surface area contributed by atoms with Crippen molar-refractivity contribution in [3.63, 3.8) is 0 Å². The Labute approximate surface area is 181 Å². The highest BCUT2D eigenvalue weighted by Gasteiger charge is 2.49. The molecule has 0 aliphatic carbocycles. The number of hydrogen-bond acceptors (Lipinski definition) is 5. The van der Waals surface area contributed by atoms with Gasteiger partial charge in [-0.1, -0.05) is 20.8 Å². The minimum Gasteiger partial charge on any atom is -0.444 e. The Morgan fingerprint density at radius 2 is 1.63 bits per heavy atom. The zero-order valence-electron chi connectivity index (χ0n) is 20.3. The number of ether oxygens (including phenoxy) is 2. The molecule has 0 saturated carbocycles. The molecule has 1 aliphatic heterocycles. The number of nitrogens with one attached hydrogen (secondary N) is 3. The maximum absolute atomic E-state index is 12.8. The van der Waals surface area contributed by atoms with Gasteiger partial charge in [-0.2, -0.15) is 0 Å². The lowest BCUT2D eigenvalue weighted by Gasteiger charge is -2.35. The zero-order valence-corrected chi connectivity index (χ0v) is 20.3. The van der Waals surface area contributed by atoms with Gasteiger partial charge in [-0.05, 0) is 41.5 Å². The first-order chi connectivity index (χ1) is 13.6. The first kappa shape index (κ1) is 26.0. The highest BCUT2D eigenvalue weighted by Crippen LogP contribution is 2.33. The van der Waals surface area contributed by atoms with Crippen molar-refractivity contribution < 1.29 is 19.1 Å². The maximum atomic E-state index is 12.8. The Balaban J connectivity index is 2.65. The minimum atomic E-state index is -0.776. The fraction of sp³-hybridized carbons (Fsp3) is 0.857. The maximum Gasteiger partial charge on any atom is 0.412 e. The van der Waals surface area contributed by atoms with Crippen molar-refractivity contribution in [2.24, 2.45) is 10.4 Å². The van der Waals surface area contributed by atoms with Crippen LogP contribution >= 0.6 is 0 Å². The number of hydrogen-bond donors (Lipinski definition) is 3. The Bertz CT molecular complexity index is 634. The van der Waals surface area contributed by atoms with E-state index in [0.717, 1.165) is 0 Å². The van der Waals surface area contributed by atoms with Crippen LogP contribution in [-0.2, 0) is 14.3 Å². The van der Waals surface area contributed by atoms with Gasteiger partial charge < -0.3 is 25.4 Å². The Morgan fingerprint density at radius 1 is 1.07 bits per heavy atom. The first-order valence-corrected chi connectivity index (χ1v) is 10.5. The summed E-state index contributed by atoms with van der Waals surface area (Å²) in [5.74, 6) is 0.584. The lowest BCUT2D eigenvalue weighted by atomic mass is 9.96. The van der Waals surface area contributed by atoms with Gasteiger partial charge in [0.15, 0.2) is 5.96 Å². The summed E-state index contributed by atoms with van der Waals surface area (Å²) >= 11 is 0. The molecule has 1 aliphatic rings. The lowest BCUT2D eigenvalue weighted by molar-refractivity contribution is -0.128. The summed E-state index contributed by atoms with van der Waals surface area (Å²) in [6.45, 7) is 18.3. The fourth-order valence-corrected chi connectivity index (χ4v) is 3.17. The molecule has 30 heavy (non-hydrogen) atoms. The lowest BCUT2D eigenvalue weighted by Crippen LogP contribution is -2.54. The largest absolute Gasteiger partial charge is 0.444 e. The molecule has 1 fully saturated rings. The van der Waals surface area contributed by atoms with Crippen LogP contribution in [0.25, 0.3) is 0 Å². The molecule has 0 radical (unpaired) electrons. The van der Waals surface area contributed by atoms with Crippen molar-refractivity contribution in [1.29, 1.82) is 0 Å².